The summed E-state index contributed by atoms with van der Waals surface area (Å²) in [5.74, 6) is 0.941. The number of nitrogens with zero attached hydrogens (tertiary/aromatic N) is 4. The van der Waals surface area contributed by atoms with Crippen LogP contribution in [0.1, 0.15) is 49.3 Å². The second kappa shape index (κ2) is 11.8. The summed E-state index contributed by atoms with van der Waals surface area (Å²) in [7, 11) is 0. The first kappa shape index (κ1) is 25.4. The molecule has 1 aliphatic carbocycles. The van der Waals surface area contributed by atoms with Crippen LogP contribution in [0.15, 0.2) is 46.7 Å². The molecule has 1 saturated carbocycles. The lowest BCUT2D eigenvalue weighted by Crippen LogP contribution is -2.20. The van der Waals surface area contributed by atoms with Crippen molar-refractivity contribution >= 4 is 69.1 Å². The summed E-state index contributed by atoms with van der Waals surface area (Å²) in [6.07, 6.45) is 7.30. The summed E-state index contributed by atoms with van der Waals surface area (Å²) in [6.45, 7) is 2.07. The van der Waals surface area contributed by atoms with E-state index in [0.29, 0.717) is 11.6 Å². The number of phenols is 1. The first-order valence-electron chi connectivity index (χ1n) is 11.1. The third kappa shape index (κ3) is 6.30. The minimum atomic E-state index is -0.240. The van der Waals surface area contributed by atoms with Crippen LogP contribution in [0.4, 0.5) is 0 Å². The molecule has 7 nitrogen and oxygen atoms in total. The topological polar surface area (TPSA) is 92.4 Å². The van der Waals surface area contributed by atoms with Gasteiger partial charge in [0.1, 0.15) is 5.75 Å². The van der Waals surface area contributed by atoms with Crippen molar-refractivity contribution in [3.63, 3.8) is 0 Å². The maximum atomic E-state index is 12.5. The smallest absolute Gasteiger partial charge is 0.250 e. The van der Waals surface area contributed by atoms with Gasteiger partial charge in [-0.1, -0.05) is 60.9 Å². The predicted octanol–water partition coefficient (Wildman–Crippen LogP) is 5.92. The number of nitrogens with one attached hydrogen (secondary N) is 1. The van der Waals surface area contributed by atoms with Gasteiger partial charge in [-0.15, -0.1) is 10.2 Å². The van der Waals surface area contributed by atoms with Gasteiger partial charge in [-0.2, -0.15) is 5.10 Å². The van der Waals surface area contributed by atoms with Gasteiger partial charge in [-0.05, 0) is 77.1 Å². The number of aryl methyl sites for hydroxylation is 1. The summed E-state index contributed by atoms with van der Waals surface area (Å²) in [6, 6.07) is 12.3. The van der Waals surface area contributed by atoms with Crippen molar-refractivity contribution in [3.05, 3.63) is 54.7 Å². The quantitative estimate of drug-likeness (QED) is 0.138. The summed E-state index contributed by atoms with van der Waals surface area (Å²) in [5, 5.41) is 23.9. The van der Waals surface area contributed by atoms with E-state index in [4.69, 9.17) is 0 Å². The van der Waals surface area contributed by atoms with Crippen molar-refractivity contribution in [2.45, 2.75) is 50.2 Å². The molecular weight excluding hydrogens is 676 g/mol. The zero-order chi connectivity index (χ0) is 24.1. The molecule has 1 amide bonds. The fourth-order valence-electron chi connectivity index (χ4n) is 3.96. The molecular formula is C24H25I2N5O2S. The lowest BCUT2D eigenvalue weighted by Gasteiger charge is -2.25. The van der Waals surface area contributed by atoms with E-state index in [-0.39, 0.29) is 17.4 Å². The highest BCUT2D eigenvalue weighted by atomic mass is 127. The van der Waals surface area contributed by atoms with Gasteiger partial charge in [-0.25, -0.2) is 5.43 Å². The Labute approximate surface area is 230 Å². The zero-order valence-electron chi connectivity index (χ0n) is 18.7. The average Bonchev–Trinajstić information content (AvgIpc) is 3.25. The fraction of sp³-hybridized carbons (Fsp3) is 0.333. The fourth-order valence-corrected chi connectivity index (χ4v) is 6.65. The molecule has 2 aromatic carbocycles. The highest BCUT2D eigenvalue weighted by Gasteiger charge is 2.24. The number of aromatic hydroxyl groups is 1. The minimum absolute atomic E-state index is 0.151. The van der Waals surface area contributed by atoms with Crippen LogP contribution < -0.4 is 5.43 Å². The molecule has 0 atom stereocenters. The van der Waals surface area contributed by atoms with E-state index in [2.05, 4.69) is 102 Å². The molecule has 1 fully saturated rings. The Bertz CT molecular complexity index is 1190. The molecule has 0 saturated heterocycles. The standard InChI is InChI=1S/C24H25I2N5O2S/c1-15-7-9-16(10-8-15)23-29-30-24(31(23)19-5-3-2-4-6-19)34-14-21(32)28-27-13-17-11-18(25)12-20(26)22(17)33/h7-13,19,33H,2-6,14H2,1H3,(H,28,32)/b27-13+. The van der Waals surface area contributed by atoms with E-state index in [0.717, 1.165) is 36.5 Å². The monoisotopic (exact) mass is 701 g/mol. The largest absolute Gasteiger partial charge is 0.506 e. The van der Waals surface area contributed by atoms with Gasteiger partial charge in [0.05, 0.1) is 15.5 Å². The summed E-state index contributed by atoms with van der Waals surface area (Å²) >= 11 is 5.62. The number of rotatable bonds is 7. The van der Waals surface area contributed by atoms with Crippen molar-refractivity contribution in [3.8, 4) is 17.1 Å². The highest BCUT2D eigenvalue weighted by Crippen LogP contribution is 2.35. The van der Waals surface area contributed by atoms with E-state index in [1.165, 1.54) is 42.8 Å². The molecule has 1 aromatic heterocycles. The Morgan fingerprint density at radius 3 is 2.68 bits per heavy atom. The van der Waals surface area contributed by atoms with Crippen LogP contribution in [0.3, 0.4) is 0 Å². The molecule has 0 bridgehead atoms. The number of benzene rings is 2. The molecule has 34 heavy (non-hydrogen) atoms. The molecule has 0 unspecified atom stereocenters. The molecule has 178 valence electrons. The van der Waals surface area contributed by atoms with Crippen LogP contribution in [0.25, 0.3) is 11.4 Å². The Morgan fingerprint density at radius 1 is 1.21 bits per heavy atom. The van der Waals surface area contributed by atoms with Gasteiger partial charge in [0.15, 0.2) is 11.0 Å². The molecule has 0 radical (unpaired) electrons. The molecule has 3 aromatic rings. The normalized spacial score (nSPS) is 14.6. The Balaban J connectivity index is 1.46. The number of carbonyl (C=O) groups is 1. The summed E-state index contributed by atoms with van der Waals surface area (Å²) < 4.78 is 3.94. The van der Waals surface area contributed by atoms with Gasteiger partial charge < -0.3 is 5.11 Å². The predicted molar refractivity (Wildman–Crippen MR) is 152 cm³/mol. The number of phenolic OH excluding ortho intramolecular Hbond substituents is 1. The van der Waals surface area contributed by atoms with E-state index >= 15 is 0 Å². The number of carbonyl (C=O) groups excluding carboxylic acids is 1. The number of hydrogen-bond donors (Lipinski definition) is 2. The van der Waals surface area contributed by atoms with Gasteiger partial charge in [0.25, 0.3) is 5.91 Å². The van der Waals surface area contributed by atoms with Crippen molar-refractivity contribution < 1.29 is 9.90 Å². The van der Waals surface area contributed by atoms with Gasteiger partial charge in [-0.3, -0.25) is 9.36 Å². The van der Waals surface area contributed by atoms with Crippen LogP contribution in [-0.4, -0.2) is 37.7 Å². The third-order valence-electron chi connectivity index (χ3n) is 5.70. The zero-order valence-corrected chi connectivity index (χ0v) is 23.8. The summed E-state index contributed by atoms with van der Waals surface area (Å²) in [5.41, 5.74) is 5.35. The third-order valence-corrected chi connectivity index (χ3v) is 8.09. The Kier molecular flexibility index (Phi) is 8.86. The van der Waals surface area contributed by atoms with Gasteiger partial charge >= 0.3 is 0 Å². The van der Waals surface area contributed by atoms with Crippen LogP contribution in [0.2, 0.25) is 0 Å². The number of aromatic nitrogens is 3. The second-order valence-electron chi connectivity index (χ2n) is 8.24. The van der Waals surface area contributed by atoms with Crippen LogP contribution in [-0.2, 0) is 4.79 Å². The number of halogens is 2. The van der Waals surface area contributed by atoms with Crippen LogP contribution in [0.5, 0.6) is 5.75 Å². The lowest BCUT2D eigenvalue weighted by atomic mass is 9.95. The average molecular weight is 701 g/mol. The Hall–Kier alpha value is -1.67. The van der Waals surface area contributed by atoms with Gasteiger partial charge in [0, 0.05) is 20.7 Å². The maximum absolute atomic E-state index is 12.5. The molecule has 1 aliphatic rings. The minimum Gasteiger partial charge on any atom is -0.506 e. The van der Waals surface area contributed by atoms with Crippen molar-refractivity contribution in [2.24, 2.45) is 5.10 Å². The first-order chi connectivity index (χ1) is 16.4. The van der Waals surface area contributed by atoms with Crippen molar-refractivity contribution in [1.82, 2.24) is 20.2 Å². The SMILES string of the molecule is Cc1ccc(-c2nnc(SCC(=O)N/N=C/c3cc(I)cc(I)c3O)n2C2CCCCC2)cc1. The van der Waals surface area contributed by atoms with E-state index < -0.39 is 0 Å². The first-order valence-corrected chi connectivity index (χ1v) is 14.2. The van der Waals surface area contributed by atoms with Crippen molar-refractivity contribution in [1.29, 1.82) is 0 Å². The summed E-state index contributed by atoms with van der Waals surface area (Å²) in [4.78, 5) is 12.5. The molecule has 1 heterocycles. The molecule has 4 rings (SSSR count). The number of thioether (sulfide) groups is 1. The maximum Gasteiger partial charge on any atom is 0.250 e. The van der Waals surface area contributed by atoms with E-state index in [1.54, 1.807) is 0 Å². The number of hydrazone groups is 1. The van der Waals surface area contributed by atoms with Gasteiger partial charge in [0.2, 0.25) is 0 Å². The number of amides is 1. The molecule has 2 N–H and O–H groups in total. The molecule has 10 heteroatoms. The number of hydrogen-bond acceptors (Lipinski definition) is 6. The van der Waals surface area contributed by atoms with Crippen LogP contribution >= 0.6 is 56.9 Å². The second-order valence-corrected chi connectivity index (χ2v) is 11.6. The van der Waals surface area contributed by atoms with Crippen LogP contribution in [0, 0.1) is 14.1 Å². The highest BCUT2D eigenvalue weighted by molar-refractivity contribution is 14.1. The van der Waals surface area contributed by atoms with E-state index in [9.17, 15) is 9.90 Å². The van der Waals surface area contributed by atoms with E-state index in [1.807, 2.05) is 12.1 Å². The van der Waals surface area contributed by atoms with Crippen molar-refractivity contribution in [2.75, 3.05) is 5.75 Å². The Morgan fingerprint density at radius 2 is 1.94 bits per heavy atom. The molecule has 0 spiro atoms. The lowest BCUT2D eigenvalue weighted by molar-refractivity contribution is -0.118. The molecule has 0 aliphatic heterocycles.